The van der Waals surface area contributed by atoms with Crippen LogP contribution in [0.15, 0.2) is 17.6 Å². The van der Waals surface area contributed by atoms with Gasteiger partial charge >= 0.3 is 0 Å². The van der Waals surface area contributed by atoms with E-state index in [1.807, 2.05) is 17.8 Å². The van der Waals surface area contributed by atoms with Gasteiger partial charge in [-0.25, -0.2) is 4.98 Å². The van der Waals surface area contributed by atoms with Crippen LogP contribution in [0.4, 0.5) is 0 Å². The summed E-state index contributed by atoms with van der Waals surface area (Å²) in [4.78, 5) is 4.22. The fraction of sp³-hybridized carbons (Fsp3) is 0.700. The molecule has 0 aromatic carbocycles. The number of hydrogen-bond acceptors (Lipinski definition) is 3. The molecule has 1 heterocycles. The summed E-state index contributed by atoms with van der Waals surface area (Å²) >= 11 is 1.65. The van der Waals surface area contributed by atoms with Crippen LogP contribution in [0.5, 0.6) is 0 Å². The molecule has 0 radical (unpaired) electrons. The van der Waals surface area contributed by atoms with Crippen molar-refractivity contribution < 1.29 is 5.11 Å². The molecule has 1 aliphatic rings. The number of hydrogen-bond donors (Lipinski definition) is 1. The van der Waals surface area contributed by atoms with Crippen molar-refractivity contribution in [3.8, 4) is 0 Å². The van der Waals surface area contributed by atoms with Gasteiger partial charge in [0, 0.05) is 25.2 Å². The maximum atomic E-state index is 10.1. The molecule has 1 aliphatic carbocycles. The molecule has 0 spiro atoms. The number of aliphatic hydroxyl groups is 1. The first kappa shape index (κ1) is 10.1. The maximum Gasteiger partial charge on any atom is 0.167 e. The molecule has 4 heteroatoms. The molecule has 0 aliphatic heterocycles. The lowest BCUT2D eigenvalue weighted by atomic mass is 10.1. The number of aromatic nitrogens is 2. The minimum Gasteiger partial charge on any atom is -0.389 e. The molecule has 1 aromatic rings. The van der Waals surface area contributed by atoms with Crippen LogP contribution in [0.2, 0.25) is 0 Å². The first-order valence-corrected chi connectivity index (χ1v) is 6.01. The smallest absolute Gasteiger partial charge is 0.167 e. The van der Waals surface area contributed by atoms with Gasteiger partial charge in [-0.05, 0) is 12.8 Å². The Labute approximate surface area is 88.5 Å². The molecular formula is C10H16N2OS. The van der Waals surface area contributed by atoms with Gasteiger partial charge < -0.3 is 9.67 Å². The predicted octanol–water partition coefficient (Wildman–Crippen LogP) is 1.82. The average molecular weight is 212 g/mol. The van der Waals surface area contributed by atoms with Gasteiger partial charge in [-0.2, -0.15) is 0 Å². The summed E-state index contributed by atoms with van der Waals surface area (Å²) in [7, 11) is 1.98. The summed E-state index contributed by atoms with van der Waals surface area (Å²) in [5.74, 6) is 0.776. The van der Waals surface area contributed by atoms with Gasteiger partial charge in [0.25, 0.3) is 0 Å². The lowest BCUT2D eigenvalue weighted by molar-refractivity contribution is 0.0732. The van der Waals surface area contributed by atoms with Crippen molar-refractivity contribution in [2.24, 2.45) is 7.05 Å². The highest BCUT2D eigenvalue weighted by Crippen LogP contribution is 2.33. The summed E-state index contributed by atoms with van der Waals surface area (Å²) in [6.07, 6.45) is 7.95. The average Bonchev–Trinajstić information content (AvgIpc) is 2.73. The number of thioether (sulfide) groups is 1. The molecule has 0 atom stereocenters. The third-order valence-electron chi connectivity index (χ3n) is 2.78. The quantitative estimate of drug-likeness (QED) is 0.777. The van der Waals surface area contributed by atoms with E-state index in [-0.39, 0.29) is 0 Å². The summed E-state index contributed by atoms with van der Waals surface area (Å²) in [5, 5.41) is 11.1. The molecular weight excluding hydrogens is 196 g/mol. The molecule has 2 rings (SSSR count). The van der Waals surface area contributed by atoms with Gasteiger partial charge in [-0.15, -0.1) is 0 Å². The Morgan fingerprint density at radius 3 is 2.86 bits per heavy atom. The van der Waals surface area contributed by atoms with E-state index in [1.165, 1.54) is 0 Å². The zero-order valence-electron chi connectivity index (χ0n) is 8.44. The topological polar surface area (TPSA) is 38.0 Å². The molecule has 0 bridgehead atoms. The predicted molar refractivity (Wildman–Crippen MR) is 57.3 cm³/mol. The van der Waals surface area contributed by atoms with Crippen molar-refractivity contribution in [2.45, 2.75) is 36.4 Å². The second-order valence-corrected chi connectivity index (χ2v) is 4.98. The zero-order valence-corrected chi connectivity index (χ0v) is 9.26. The Morgan fingerprint density at radius 1 is 1.57 bits per heavy atom. The third-order valence-corrected chi connectivity index (χ3v) is 4.11. The van der Waals surface area contributed by atoms with Gasteiger partial charge in [0.1, 0.15) is 0 Å². The van der Waals surface area contributed by atoms with Crippen LogP contribution < -0.4 is 0 Å². The third kappa shape index (κ3) is 2.12. The van der Waals surface area contributed by atoms with Gasteiger partial charge in [0.05, 0.1) is 5.60 Å². The number of nitrogens with zero attached hydrogens (tertiary/aromatic N) is 2. The highest BCUT2D eigenvalue weighted by atomic mass is 32.2. The Morgan fingerprint density at radius 2 is 2.29 bits per heavy atom. The molecule has 1 aromatic heterocycles. The van der Waals surface area contributed by atoms with Crippen LogP contribution in [0.1, 0.15) is 25.7 Å². The van der Waals surface area contributed by atoms with E-state index in [4.69, 9.17) is 0 Å². The van der Waals surface area contributed by atoms with Gasteiger partial charge in [0.2, 0.25) is 0 Å². The van der Waals surface area contributed by atoms with Gasteiger partial charge in [-0.3, -0.25) is 0 Å². The van der Waals surface area contributed by atoms with Crippen molar-refractivity contribution in [3.63, 3.8) is 0 Å². The van der Waals surface area contributed by atoms with E-state index in [2.05, 4.69) is 4.98 Å². The van der Waals surface area contributed by atoms with E-state index in [9.17, 15) is 5.11 Å². The standard InChI is InChI=1S/C10H16N2OS/c1-12-7-6-11-9(12)14-8-10(13)4-2-3-5-10/h6-7,13H,2-5,8H2,1H3. The molecule has 1 saturated carbocycles. The van der Waals surface area contributed by atoms with E-state index in [0.717, 1.165) is 36.6 Å². The molecule has 0 saturated heterocycles. The number of rotatable bonds is 3. The van der Waals surface area contributed by atoms with Crippen molar-refractivity contribution >= 4 is 11.8 Å². The normalized spacial score (nSPS) is 20.1. The lowest BCUT2D eigenvalue weighted by Gasteiger charge is -2.20. The van der Waals surface area contributed by atoms with Crippen LogP contribution in [0.25, 0.3) is 0 Å². The van der Waals surface area contributed by atoms with Crippen molar-refractivity contribution in [3.05, 3.63) is 12.4 Å². The van der Waals surface area contributed by atoms with E-state index >= 15 is 0 Å². The second kappa shape index (κ2) is 3.95. The first-order chi connectivity index (χ1) is 6.70. The molecule has 14 heavy (non-hydrogen) atoms. The lowest BCUT2D eigenvalue weighted by Crippen LogP contribution is -2.27. The maximum absolute atomic E-state index is 10.1. The monoisotopic (exact) mass is 212 g/mol. The van der Waals surface area contributed by atoms with Gasteiger partial charge in [0.15, 0.2) is 5.16 Å². The van der Waals surface area contributed by atoms with Crippen molar-refractivity contribution in [2.75, 3.05) is 5.75 Å². The van der Waals surface area contributed by atoms with Crippen LogP contribution in [0.3, 0.4) is 0 Å². The second-order valence-electron chi connectivity index (χ2n) is 4.04. The summed E-state index contributed by atoms with van der Waals surface area (Å²) in [6, 6.07) is 0. The van der Waals surface area contributed by atoms with E-state index in [1.54, 1.807) is 18.0 Å². The highest BCUT2D eigenvalue weighted by Gasteiger charge is 2.31. The summed E-state index contributed by atoms with van der Waals surface area (Å²) in [5.41, 5.74) is -0.434. The fourth-order valence-electron chi connectivity index (χ4n) is 1.87. The Balaban J connectivity index is 1.91. The minimum atomic E-state index is -0.434. The van der Waals surface area contributed by atoms with Crippen molar-refractivity contribution in [1.82, 2.24) is 9.55 Å². The summed E-state index contributed by atoms with van der Waals surface area (Å²) < 4.78 is 1.99. The minimum absolute atomic E-state index is 0.434. The Kier molecular flexibility index (Phi) is 2.83. The molecule has 78 valence electrons. The van der Waals surface area contributed by atoms with E-state index < -0.39 is 5.60 Å². The first-order valence-electron chi connectivity index (χ1n) is 5.02. The molecule has 1 fully saturated rings. The molecule has 3 nitrogen and oxygen atoms in total. The SMILES string of the molecule is Cn1ccnc1SCC1(O)CCCC1. The van der Waals surface area contributed by atoms with Crippen molar-refractivity contribution in [1.29, 1.82) is 0 Å². The zero-order chi connectivity index (χ0) is 10.0. The fourth-order valence-corrected chi connectivity index (χ4v) is 2.95. The molecule has 0 amide bonds. The van der Waals surface area contributed by atoms with Crippen LogP contribution >= 0.6 is 11.8 Å². The Hall–Kier alpha value is -0.480. The van der Waals surface area contributed by atoms with Gasteiger partial charge in [-0.1, -0.05) is 24.6 Å². The summed E-state index contributed by atoms with van der Waals surface area (Å²) in [6.45, 7) is 0. The number of aryl methyl sites for hydroxylation is 1. The Bertz CT molecular complexity index is 305. The van der Waals surface area contributed by atoms with Crippen LogP contribution in [-0.4, -0.2) is 26.0 Å². The molecule has 1 N–H and O–H groups in total. The number of imidazole rings is 1. The van der Waals surface area contributed by atoms with E-state index in [0.29, 0.717) is 0 Å². The van der Waals surface area contributed by atoms with Crippen LogP contribution in [-0.2, 0) is 7.05 Å². The largest absolute Gasteiger partial charge is 0.389 e. The van der Waals surface area contributed by atoms with Crippen LogP contribution in [0, 0.1) is 0 Å². The highest BCUT2D eigenvalue weighted by molar-refractivity contribution is 7.99. The molecule has 0 unspecified atom stereocenters.